The van der Waals surface area contributed by atoms with Crippen molar-refractivity contribution >= 4 is 11.3 Å². The molecule has 2 rings (SSSR count). The third kappa shape index (κ3) is 2.44. The largest absolute Gasteiger partial charge is 0.384 e. The molecular weight excluding hydrogens is 254 g/mol. The first-order valence-electron chi connectivity index (χ1n) is 5.61. The van der Waals surface area contributed by atoms with E-state index in [1.807, 2.05) is 18.4 Å². The molecular formula is C14H14F2OS. The third-order valence-electron chi connectivity index (χ3n) is 2.92. The Morgan fingerprint density at radius 1 is 1.28 bits per heavy atom. The highest BCUT2D eigenvalue weighted by atomic mass is 32.1. The summed E-state index contributed by atoms with van der Waals surface area (Å²) in [6.45, 7) is 3.51. The lowest BCUT2D eigenvalue weighted by atomic mass is 9.93. The Balaban J connectivity index is 2.33. The number of aryl methyl sites for hydroxylation is 1. The summed E-state index contributed by atoms with van der Waals surface area (Å²) in [5, 5.41) is 12.3. The summed E-state index contributed by atoms with van der Waals surface area (Å²) in [5.41, 5.74) is -0.0398. The maximum absolute atomic E-state index is 13.6. The average molecular weight is 268 g/mol. The van der Waals surface area contributed by atoms with Crippen LogP contribution in [0.1, 0.15) is 22.9 Å². The van der Waals surface area contributed by atoms with Crippen LogP contribution in [0.5, 0.6) is 0 Å². The molecule has 0 bridgehead atoms. The first kappa shape index (κ1) is 13.2. The van der Waals surface area contributed by atoms with Gasteiger partial charge in [-0.05, 0) is 42.5 Å². The van der Waals surface area contributed by atoms with Crippen LogP contribution in [0.4, 0.5) is 8.78 Å². The topological polar surface area (TPSA) is 20.2 Å². The van der Waals surface area contributed by atoms with E-state index in [9.17, 15) is 13.9 Å². The van der Waals surface area contributed by atoms with E-state index in [1.54, 1.807) is 6.92 Å². The Morgan fingerprint density at radius 3 is 2.61 bits per heavy atom. The van der Waals surface area contributed by atoms with Crippen LogP contribution < -0.4 is 0 Å². The van der Waals surface area contributed by atoms with Gasteiger partial charge in [0.1, 0.15) is 5.60 Å². The SMILES string of the molecule is Cc1ccsc1C(C)(O)Cc1cccc(F)c1F. The fourth-order valence-electron chi connectivity index (χ4n) is 2.06. The minimum atomic E-state index is -1.19. The highest BCUT2D eigenvalue weighted by molar-refractivity contribution is 7.10. The minimum Gasteiger partial charge on any atom is -0.384 e. The first-order valence-corrected chi connectivity index (χ1v) is 6.49. The maximum Gasteiger partial charge on any atom is 0.162 e. The van der Waals surface area contributed by atoms with Gasteiger partial charge in [0.2, 0.25) is 0 Å². The molecule has 1 N–H and O–H groups in total. The van der Waals surface area contributed by atoms with Crippen LogP contribution >= 0.6 is 11.3 Å². The number of aliphatic hydroxyl groups is 1. The zero-order chi connectivity index (χ0) is 13.3. The molecule has 1 atom stereocenters. The molecule has 96 valence electrons. The van der Waals surface area contributed by atoms with Crippen LogP contribution in [0, 0.1) is 18.6 Å². The van der Waals surface area contributed by atoms with E-state index in [0.29, 0.717) is 0 Å². The van der Waals surface area contributed by atoms with Crippen molar-refractivity contribution in [3.8, 4) is 0 Å². The normalized spacial score (nSPS) is 14.5. The molecule has 1 heterocycles. The van der Waals surface area contributed by atoms with Crippen molar-refractivity contribution in [3.63, 3.8) is 0 Å². The van der Waals surface area contributed by atoms with E-state index in [1.165, 1.54) is 23.5 Å². The number of hydrogen-bond acceptors (Lipinski definition) is 2. The molecule has 0 saturated carbocycles. The van der Waals surface area contributed by atoms with Crippen LogP contribution in [0.2, 0.25) is 0 Å². The van der Waals surface area contributed by atoms with Gasteiger partial charge >= 0.3 is 0 Å². The van der Waals surface area contributed by atoms with Gasteiger partial charge in [-0.3, -0.25) is 0 Å². The van der Waals surface area contributed by atoms with Crippen LogP contribution in [0.15, 0.2) is 29.6 Å². The van der Waals surface area contributed by atoms with E-state index < -0.39 is 17.2 Å². The second-order valence-corrected chi connectivity index (χ2v) is 5.51. The van der Waals surface area contributed by atoms with E-state index in [0.717, 1.165) is 16.5 Å². The molecule has 1 unspecified atom stereocenters. The van der Waals surface area contributed by atoms with Crippen LogP contribution in [0.25, 0.3) is 0 Å². The first-order chi connectivity index (χ1) is 8.42. The van der Waals surface area contributed by atoms with Gasteiger partial charge in [-0.1, -0.05) is 12.1 Å². The fourth-order valence-corrected chi connectivity index (χ4v) is 3.05. The van der Waals surface area contributed by atoms with Gasteiger partial charge in [0.15, 0.2) is 11.6 Å². The lowest BCUT2D eigenvalue weighted by molar-refractivity contribution is 0.0598. The minimum absolute atomic E-state index is 0.0535. The van der Waals surface area contributed by atoms with E-state index in [2.05, 4.69) is 0 Å². The average Bonchev–Trinajstić information content (AvgIpc) is 2.72. The van der Waals surface area contributed by atoms with Gasteiger partial charge in [0, 0.05) is 11.3 Å². The molecule has 0 saturated heterocycles. The van der Waals surface area contributed by atoms with Gasteiger partial charge in [-0.2, -0.15) is 0 Å². The third-order valence-corrected chi connectivity index (χ3v) is 4.19. The summed E-state index contributed by atoms with van der Waals surface area (Å²) in [7, 11) is 0. The highest BCUT2D eigenvalue weighted by Gasteiger charge is 2.28. The van der Waals surface area contributed by atoms with Gasteiger partial charge in [-0.25, -0.2) is 8.78 Å². The van der Waals surface area contributed by atoms with E-state index >= 15 is 0 Å². The van der Waals surface area contributed by atoms with Gasteiger partial charge < -0.3 is 5.11 Å². The number of rotatable bonds is 3. The lowest BCUT2D eigenvalue weighted by Crippen LogP contribution is -2.24. The number of hydrogen-bond donors (Lipinski definition) is 1. The summed E-state index contributed by atoms with van der Waals surface area (Å²) in [4.78, 5) is 0.783. The molecule has 2 aromatic rings. The molecule has 18 heavy (non-hydrogen) atoms. The van der Waals surface area contributed by atoms with Crippen molar-refractivity contribution in [2.45, 2.75) is 25.9 Å². The molecule has 0 aliphatic rings. The molecule has 1 aromatic heterocycles. The molecule has 0 aliphatic carbocycles. The highest BCUT2D eigenvalue weighted by Crippen LogP contribution is 2.32. The van der Waals surface area contributed by atoms with Crippen molar-refractivity contribution in [2.24, 2.45) is 0 Å². The number of halogens is 2. The van der Waals surface area contributed by atoms with Gasteiger partial charge in [0.05, 0.1) is 0 Å². The molecule has 1 nitrogen and oxygen atoms in total. The maximum atomic E-state index is 13.6. The van der Waals surface area contributed by atoms with Crippen LogP contribution in [0.3, 0.4) is 0 Å². The van der Waals surface area contributed by atoms with Crippen molar-refractivity contribution in [1.29, 1.82) is 0 Å². The summed E-state index contributed by atoms with van der Waals surface area (Å²) < 4.78 is 26.7. The Kier molecular flexibility index (Phi) is 3.50. The monoisotopic (exact) mass is 268 g/mol. The molecule has 0 fully saturated rings. The zero-order valence-electron chi connectivity index (χ0n) is 10.2. The van der Waals surface area contributed by atoms with E-state index in [4.69, 9.17) is 0 Å². The van der Waals surface area contributed by atoms with Crippen LogP contribution in [-0.2, 0) is 12.0 Å². The molecule has 0 spiro atoms. The number of benzene rings is 1. The Hall–Kier alpha value is -1.26. The van der Waals surface area contributed by atoms with Gasteiger partial charge in [-0.15, -0.1) is 11.3 Å². The summed E-state index contributed by atoms with van der Waals surface area (Å²) in [5.74, 6) is -1.77. The standard InChI is InChI=1S/C14H14F2OS/c1-9-6-7-18-13(9)14(2,17)8-10-4-3-5-11(15)12(10)16/h3-7,17H,8H2,1-2H3. The zero-order valence-corrected chi connectivity index (χ0v) is 11.0. The van der Waals surface area contributed by atoms with Gasteiger partial charge in [0.25, 0.3) is 0 Å². The number of thiophene rings is 1. The summed E-state index contributed by atoms with van der Waals surface area (Å²) >= 11 is 1.42. The summed E-state index contributed by atoms with van der Waals surface area (Å²) in [6.07, 6.45) is 0.0535. The molecule has 0 radical (unpaired) electrons. The smallest absolute Gasteiger partial charge is 0.162 e. The molecule has 0 amide bonds. The fraction of sp³-hybridized carbons (Fsp3) is 0.286. The van der Waals surface area contributed by atoms with Crippen molar-refractivity contribution < 1.29 is 13.9 Å². The molecule has 0 aliphatic heterocycles. The van der Waals surface area contributed by atoms with E-state index in [-0.39, 0.29) is 12.0 Å². The van der Waals surface area contributed by atoms with Crippen molar-refractivity contribution in [1.82, 2.24) is 0 Å². The second kappa shape index (κ2) is 4.78. The molecule has 4 heteroatoms. The molecule has 1 aromatic carbocycles. The van der Waals surface area contributed by atoms with Crippen molar-refractivity contribution in [2.75, 3.05) is 0 Å². The lowest BCUT2D eigenvalue weighted by Gasteiger charge is -2.23. The Labute approximate surface area is 109 Å². The second-order valence-electron chi connectivity index (χ2n) is 4.60. The Bertz CT molecular complexity index is 561. The van der Waals surface area contributed by atoms with Crippen LogP contribution in [-0.4, -0.2) is 5.11 Å². The Morgan fingerprint density at radius 2 is 2.00 bits per heavy atom. The summed E-state index contributed by atoms with van der Waals surface area (Å²) in [6, 6.07) is 5.92. The predicted molar refractivity (Wildman–Crippen MR) is 68.7 cm³/mol. The van der Waals surface area contributed by atoms with Crippen molar-refractivity contribution in [3.05, 3.63) is 57.3 Å². The quantitative estimate of drug-likeness (QED) is 0.898. The predicted octanol–water partition coefficient (Wildman–Crippen LogP) is 3.78.